The Morgan fingerprint density at radius 3 is 2.83 bits per heavy atom. The zero-order valence-corrected chi connectivity index (χ0v) is 10.8. The number of ether oxygens (including phenoxy) is 1. The molecule has 0 saturated carbocycles. The van der Waals surface area contributed by atoms with Crippen LogP contribution < -0.4 is 10.1 Å². The Hall–Kier alpha value is -1.85. The summed E-state index contributed by atoms with van der Waals surface area (Å²) in [5, 5.41) is 11.7. The summed E-state index contributed by atoms with van der Waals surface area (Å²) in [6.07, 6.45) is 4.21. The number of hydrogen-bond acceptors (Lipinski definition) is 5. The zero-order valence-electron chi connectivity index (χ0n) is 10.8. The molecule has 0 saturated heterocycles. The van der Waals surface area contributed by atoms with Crippen molar-refractivity contribution in [2.75, 3.05) is 19.0 Å². The van der Waals surface area contributed by atoms with E-state index >= 15 is 0 Å². The summed E-state index contributed by atoms with van der Waals surface area (Å²) in [6, 6.07) is 0. The number of methoxy groups -OCH3 is 1. The van der Waals surface area contributed by atoms with E-state index in [0.717, 1.165) is 30.8 Å². The van der Waals surface area contributed by atoms with Crippen molar-refractivity contribution >= 4 is 11.8 Å². The number of unbranched alkanes of at least 4 members (excludes halogenated alkanes) is 2. The van der Waals surface area contributed by atoms with Gasteiger partial charge in [0, 0.05) is 13.0 Å². The van der Waals surface area contributed by atoms with Gasteiger partial charge in [-0.05, 0) is 19.8 Å². The maximum Gasteiger partial charge on any atom is 0.303 e. The lowest BCUT2D eigenvalue weighted by Gasteiger charge is -2.10. The fraction of sp³-hybridized carbons (Fsp3) is 0.583. The molecule has 0 aliphatic carbocycles. The number of aromatic nitrogens is 2. The quantitative estimate of drug-likeness (QED) is 0.688. The molecule has 0 spiro atoms. The first-order chi connectivity index (χ1) is 8.65. The number of aliphatic carboxylic acids is 1. The molecule has 0 aromatic carbocycles. The molecule has 0 aliphatic rings. The monoisotopic (exact) mass is 253 g/mol. The second-order valence-corrected chi connectivity index (χ2v) is 3.99. The lowest BCUT2D eigenvalue weighted by molar-refractivity contribution is -0.137. The number of nitrogens with zero attached hydrogens (tertiary/aromatic N) is 2. The molecule has 0 atom stereocenters. The number of nitrogens with one attached hydrogen (secondary N) is 1. The summed E-state index contributed by atoms with van der Waals surface area (Å²) in [7, 11) is 1.57. The number of carbonyl (C=O) groups is 1. The van der Waals surface area contributed by atoms with Crippen molar-refractivity contribution in [3.8, 4) is 5.88 Å². The van der Waals surface area contributed by atoms with E-state index < -0.39 is 5.97 Å². The Morgan fingerprint density at radius 1 is 1.39 bits per heavy atom. The topological polar surface area (TPSA) is 84.3 Å². The van der Waals surface area contributed by atoms with Gasteiger partial charge in [-0.1, -0.05) is 6.42 Å². The van der Waals surface area contributed by atoms with Gasteiger partial charge in [0.1, 0.15) is 12.1 Å². The van der Waals surface area contributed by atoms with E-state index in [9.17, 15) is 4.79 Å². The van der Waals surface area contributed by atoms with Crippen LogP contribution in [0.15, 0.2) is 6.33 Å². The summed E-state index contributed by atoms with van der Waals surface area (Å²) in [5.41, 5.74) is 0.880. The Balaban J connectivity index is 2.29. The highest BCUT2D eigenvalue weighted by molar-refractivity contribution is 5.66. The Bertz CT molecular complexity index is 396. The molecule has 0 bridgehead atoms. The number of hydrogen-bond donors (Lipinski definition) is 2. The van der Waals surface area contributed by atoms with E-state index in [1.54, 1.807) is 7.11 Å². The van der Waals surface area contributed by atoms with Crippen LogP contribution in [0.25, 0.3) is 0 Å². The third-order valence-electron chi connectivity index (χ3n) is 2.59. The predicted octanol–water partition coefficient (Wildman–Crippen LogP) is 1.85. The number of carboxylic acids is 1. The van der Waals surface area contributed by atoms with E-state index in [4.69, 9.17) is 9.84 Å². The molecular weight excluding hydrogens is 234 g/mol. The van der Waals surface area contributed by atoms with Crippen molar-refractivity contribution in [2.45, 2.75) is 32.6 Å². The van der Waals surface area contributed by atoms with Crippen LogP contribution in [-0.2, 0) is 4.79 Å². The van der Waals surface area contributed by atoms with Gasteiger partial charge in [0.15, 0.2) is 0 Å². The third kappa shape index (κ3) is 4.57. The summed E-state index contributed by atoms with van der Waals surface area (Å²) < 4.78 is 5.10. The van der Waals surface area contributed by atoms with Crippen LogP contribution >= 0.6 is 0 Å². The SMILES string of the molecule is COc1ncnc(NCCCCCC(=O)O)c1C. The minimum Gasteiger partial charge on any atom is -0.481 e. The van der Waals surface area contributed by atoms with Gasteiger partial charge in [-0.2, -0.15) is 0 Å². The van der Waals surface area contributed by atoms with E-state index in [2.05, 4.69) is 15.3 Å². The van der Waals surface area contributed by atoms with Gasteiger partial charge in [-0.15, -0.1) is 0 Å². The van der Waals surface area contributed by atoms with Crippen molar-refractivity contribution in [3.05, 3.63) is 11.9 Å². The fourth-order valence-corrected chi connectivity index (χ4v) is 1.60. The number of anilines is 1. The van der Waals surface area contributed by atoms with Crippen molar-refractivity contribution in [1.29, 1.82) is 0 Å². The average Bonchev–Trinajstić information content (AvgIpc) is 2.35. The van der Waals surface area contributed by atoms with Gasteiger partial charge in [-0.25, -0.2) is 9.97 Å². The van der Waals surface area contributed by atoms with Gasteiger partial charge in [0.2, 0.25) is 5.88 Å². The Kier molecular flexibility index (Phi) is 5.90. The van der Waals surface area contributed by atoms with Gasteiger partial charge in [-0.3, -0.25) is 4.79 Å². The van der Waals surface area contributed by atoms with Gasteiger partial charge in [0.05, 0.1) is 12.7 Å². The summed E-state index contributed by atoms with van der Waals surface area (Å²) in [6.45, 7) is 2.66. The van der Waals surface area contributed by atoms with Crippen LogP contribution in [0.1, 0.15) is 31.2 Å². The van der Waals surface area contributed by atoms with Crippen LogP contribution in [0.5, 0.6) is 5.88 Å². The molecule has 0 aliphatic heterocycles. The van der Waals surface area contributed by atoms with Gasteiger partial charge < -0.3 is 15.2 Å². The molecule has 100 valence electrons. The summed E-state index contributed by atoms with van der Waals surface area (Å²) in [4.78, 5) is 18.5. The molecule has 0 amide bonds. The van der Waals surface area contributed by atoms with Crippen LogP contribution in [-0.4, -0.2) is 34.7 Å². The van der Waals surface area contributed by atoms with E-state index in [1.807, 2.05) is 6.92 Å². The lowest BCUT2D eigenvalue weighted by Crippen LogP contribution is -2.07. The predicted molar refractivity (Wildman–Crippen MR) is 67.9 cm³/mol. The molecule has 6 heteroatoms. The Morgan fingerprint density at radius 2 is 2.17 bits per heavy atom. The maximum absolute atomic E-state index is 10.3. The van der Waals surface area contributed by atoms with Gasteiger partial charge >= 0.3 is 5.97 Å². The molecule has 18 heavy (non-hydrogen) atoms. The van der Waals surface area contributed by atoms with Crippen LogP contribution in [0.4, 0.5) is 5.82 Å². The highest BCUT2D eigenvalue weighted by atomic mass is 16.5. The van der Waals surface area contributed by atoms with E-state index in [0.29, 0.717) is 12.3 Å². The molecule has 1 aromatic rings. The van der Waals surface area contributed by atoms with Crippen molar-refractivity contribution < 1.29 is 14.6 Å². The molecule has 0 unspecified atom stereocenters. The molecule has 0 radical (unpaired) electrons. The number of carboxylic acid groups (broad SMARTS) is 1. The van der Waals surface area contributed by atoms with Crippen molar-refractivity contribution in [2.24, 2.45) is 0 Å². The minimum absolute atomic E-state index is 0.236. The zero-order chi connectivity index (χ0) is 13.4. The molecule has 2 N–H and O–H groups in total. The maximum atomic E-state index is 10.3. The highest BCUT2D eigenvalue weighted by Crippen LogP contribution is 2.19. The first-order valence-corrected chi connectivity index (χ1v) is 5.96. The normalized spacial score (nSPS) is 10.1. The molecular formula is C12H19N3O3. The average molecular weight is 253 g/mol. The molecule has 6 nitrogen and oxygen atoms in total. The van der Waals surface area contributed by atoms with Crippen molar-refractivity contribution in [3.63, 3.8) is 0 Å². The highest BCUT2D eigenvalue weighted by Gasteiger charge is 2.06. The van der Waals surface area contributed by atoms with Gasteiger partial charge in [0.25, 0.3) is 0 Å². The second-order valence-electron chi connectivity index (χ2n) is 3.99. The smallest absolute Gasteiger partial charge is 0.303 e. The molecule has 1 heterocycles. The first-order valence-electron chi connectivity index (χ1n) is 5.96. The molecule has 1 rings (SSSR count). The van der Waals surface area contributed by atoms with Crippen molar-refractivity contribution in [1.82, 2.24) is 9.97 Å². The van der Waals surface area contributed by atoms with E-state index in [-0.39, 0.29) is 6.42 Å². The fourth-order valence-electron chi connectivity index (χ4n) is 1.60. The van der Waals surface area contributed by atoms with E-state index in [1.165, 1.54) is 6.33 Å². The van der Waals surface area contributed by atoms with Crippen LogP contribution in [0.3, 0.4) is 0 Å². The van der Waals surface area contributed by atoms with Crippen LogP contribution in [0, 0.1) is 6.92 Å². The molecule has 1 aromatic heterocycles. The largest absolute Gasteiger partial charge is 0.481 e. The second kappa shape index (κ2) is 7.47. The molecule has 0 fully saturated rings. The lowest BCUT2D eigenvalue weighted by atomic mass is 10.2. The summed E-state index contributed by atoms with van der Waals surface area (Å²) in [5.74, 6) is 0.595. The Labute approximate surface area is 106 Å². The minimum atomic E-state index is -0.737. The third-order valence-corrected chi connectivity index (χ3v) is 2.59. The number of rotatable bonds is 8. The standard InChI is InChI=1S/C12H19N3O3/c1-9-11(14-8-15-12(9)18-2)13-7-5-3-4-6-10(16)17/h8H,3-7H2,1-2H3,(H,16,17)(H,13,14,15). The van der Waals surface area contributed by atoms with Crippen LogP contribution in [0.2, 0.25) is 0 Å². The first kappa shape index (κ1) is 14.2. The summed E-state index contributed by atoms with van der Waals surface area (Å²) >= 11 is 0.